The van der Waals surface area contributed by atoms with Crippen molar-refractivity contribution < 1.29 is 4.79 Å². The molecule has 126 valence electrons. The molecule has 0 unspecified atom stereocenters. The number of aromatic nitrogens is 5. The lowest BCUT2D eigenvalue weighted by Crippen LogP contribution is -2.13. The fraction of sp³-hybridized carbons (Fsp3) is 0.0625. The van der Waals surface area contributed by atoms with Gasteiger partial charge in [-0.1, -0.05) is 30.4 Å². The summed E-state index contributed by atoms with van der Waals surface area (Å²) in [4.78, 5) is 24.8. The molecule has 2 aromatic heterocycles. The van der Waals surface area contributed by atoms with Gasteiger partial charge in [-0.05, 0) is 30.2 Å². The van der Waals surface area contributed by atoms with Gasteiger partial charge < -0.3 is 0 Å². The van der Waals surface area contributed by atoms with Crippen LogP contribution in [0.1, 0.15) is 6.92 Å². The summed E-state index contributed by atoms with van der Waals surface area (Å²) in [6.07, 6.45) is 4.82. The second-order valence-electron chi connectivity index (χ2n) is 4.91. The lowest BCUT2D eigenvalue weighted by atomic mass is 10.2. The van der Waals surface area contributed by atoms with Crippen LogP contribution in [0.25, 0.3) is 10.9 Å². The Kier molecular flexibility index (Phi) is 5.46. The van der Waals surface area contributed by atoms with Crippen molar-refractivity contribution in [3.63, 3.8) is 0 Å². The number of nitrogens with zero attached hydrogens (tertiary/aromatic N) is 4. The number of carbonyl (C=O) groups excluding carboxylic acids is 1. The Morgan fingerprint density at radius 3 is 3.00 bits per heavy atom. The van der Waals surface area contributed by atoms with Gasteiger partial charge in [0.2, 0.25) is 11.1 Å². The first-order chi connectivity index (χ1) is 12.2. The third kappa shape index (κ3) is 4.25. The van der Waals surface area contributed by atoms with E-state index < -0.39 is 0 Å². The van der Waals surface area contributed by atoms with Gasteiger partial charge in [-0.2, -0.15) is 17.6 Å². The van der Waals surface area contributed by atoms with E-state index in [0.29, 0.717) is 10.7 Å². The third-order valence-electron chi connectivity index (χ3n) is 3.18. The van der Waals surface area contributed by atoms with E-state index in [1.165, 1.54) is 18.1 Å². The number of thiol groups is 1. The zero-order chi connectivity index (χ0) is 17.6. The second-order valence-corrected chi connectivity index (χ2v) is 6.16. The molecule has 0 aliphatic heterocycles. The Bertz CT molecular complexity index is 961. The summed E-state index contributed by atoms with van der Waals surface area (Å²) >= 11 is 5.24. The molecule has 0 saturated carbocycles. The Balaban J connectivity index is 1.74. The minimum Gasteiger partial charge on any atom is -0.291 e. The van der Waals surface area contributed by atoms with Gasteiger partial charge in [-0.15, -0.1) is 5.10 Å². The first-order valence-electron chi connectivity index (χ1n) is 7.26. The number of aromatic amines is 1. The highest BCUT2D eigenvalue weighted by molar-refractivity contribution is 7.99. The first-order valence-corrected chi connectivity index (χ1v) is 8.59. The molecule has 0 bridgehead atoms. The zero-order valence-electron chi connectivity index (χ0n) is 13.2. The lowest BCUT2D eigenvalue weighted by Gasteiger charge is -2.01. The predicted octanol–water partition coefficient (Wildman–Crippen LogP) is 3.23. The Morgan fingerprint density at radius 2 is 2.16 bits per heavy atom. The fourth-order valence-electron chi connectivity index (χ4n) is 1.97. The van der Waals surface area contributed by atoms with E-state index in [-0.39, 0.29) is 11.9 Å². The molecule has 7 nitrogen and oxygen atoms in total. The number of para-hydroxylation sites is 1. The highest BCUT2D eigenvalue weighted by Crippen LogP contribution is 2.28. The van der Waals surface area contributed by atoms with Crippen molar-refractivity contribution >= 4 is 47.1 Å². The fourth-order valence-corrected chi connectivity index (χ4v) is 2.83. The molecule has 0 saturated heterocycles. The summed E-state index contributed by atoms with van der Waals surface area (Å²) in [5, 5.41) is 13.1. The lowest BCUT2D eigenvalue weighted by molar-refractivity contribution is -0.112. The van der Waals surface area contributed by atoms with Gasteiger partial charge in [0.15, 0.2) is 0 Å². The summed E-state index contributed by atoms with van der Waals surface area (Å²) in [7, 11) is 0. The van der Waals surface area contributed by atoms with Crippen molar-refractivity contribution in [1.82, 2.24) is 25.1 Å². The minimum atomic E-state index is -0.272. The molecule has 0 radical (unpaired) electrons. The van der Waals surface area contributed by atoms with Crippen molar-refractivity contribution in [3.8, 4) is 0 Å². The van der Waals surface area contributed by atoms with E-state index in [1.54, 1.807) is 24.5 Å². The molecule has 2 N–H and O–H groups in total. The quantitative estimate of drug-likeness (QED) is 0.276. The van der Waals surface area contributed by atoms with E-state index in [0.717, 1.165) is 15.9 Å². The number of carbonyl (C=O) groups is 1. The number of rotatable bonds is 5. The van der Waals surface area contributed by atoms with Crippen molar-refractivity contribution in [1.29, 1.82) is 0 Å². The maximum Gasteiger partial charge on any atom is 0.253 e. The van der Waals surface area contributed by atoms with Gasteiger partial charge in [-0.25, -0.2) is 15.1 Å². The molecule has 0 fully saturated rings. The molecule has 9 heteroatoms. The summed E-state index contributed by atoms with van der Waals surface area (Å²) in [5.41, 5.74) is 1.37. The molecule has 0 aliphatic rings. The number of benzene rings is 1. The Hall–Kier alpha value is -2.65. The second kappa shape index (κ2) is 7.95. The van der Waals surface area contributed by atoms with Gasteiger partial charge in [-0.3, -0.25) is 10.1 Å². The Morgan fingerprint density at radius 1 is 1.32 bits per heavy atom. The SMILES string of the molecule is C/C(=C\C=C/S)C(=O)Nc1nc(Sc2ncnc3ccccc23)n[nH]1. The average molecular weight is 370 g/mol. The van der Waals surface area contributed by atoms with E-state index in [4.69, 9.17) is 0 Å². The van der Waals surface area contributed by atoms with Crippen LogP contribution in [0.15, 0.2) is 63.9 Å². The maximum atomic E-state index is 12.0. The molecule has 3 rings (SSSR count). The molecule has 1 aromatic carbocycles. The van der Waals surface area contributed by atoms with Crippen LogP contribution in [0, 0.1) is 0 Å². The van der Waals surface area contributed by atoms with E-state index in [1.807, 2.05) is 24.3 Å². The van der Waals surface area contributed by atoms with Gasteiger partial charge in [0.05, 0.1) is 5.52 Å². The number of allylic oxidation sites excluding steroid dienone is 2. The maximum absolute atomic E-state index is 12.0. The topological polar surface area (TPSA) is 96.5 Å². The number of hydrogen-bond acceptors (Lipinski definition) is 7. The summed E-state index contributed by atoms with van der Waals surface area (Å²) in [6, 6.07) is 7.70. The highest BCUT2D eigenvalue weighted by atomic mass is 32.2. The summed E-state index contributed by atoms with van der Waals surface area (Å²) in [5.74, 6) is 0.0000778. The number of amides is 1. The molecule has 0 atom stereocenters. The molecule has 1 amide bonds. The van der Waals surface area contributed by atoms with Gasteiger partial charge in [0, 0.05) is 11.0 Å². The molecular weight excluding hydrogens is 356 g/mol. The van der Waals surface area contributed by atoms with Crippen LogP contribution < -0.4 is 5.32 Å². The third-order valence-corrected chi connectivity index (χ3v) is 4.24. The van der Waals surface area contributed by atoms with Crippen LogP contribution in [-0.4, -0.2) is 31.1 Å². The van der Waals surface area contributed by atoms with Crippen LogP contribution in [-0.2, 0) is 4.79 Å². The predicted molar refractivity (Wildman–Crippen MR) is 101 cm³/mol. The Labute approximate surface area is 153 Å². The average Bonchev–Trinajstić information content (AvgIpc) is 3.06. The molecule has 3 aromatic rings. The van der Waals surface area contributed by atoms with Gasteiger partial charge in [0.1, 0.15) is 11.4 Å². The van der Waals surface area contributed by atoms with Crippen molar-refractivity contribution in [2.24, 2.45) is 0 Å². The van der Waals surface area contributed by atoms with E-state index >= 15 is 0 Å². The van der Waals surface area contributed by atoms with Gasteiger partial charge >= 0.3 is 0 Å². The summed E-state index contributed by atoms with van der Waals surface area (Å²) in [6.45, 7) is 1.70. The molecule has 0 aliphatic carbocycles. The van der Waals surface area contributed by atoms with E-state index in [9.17, 15) is 4.79 Å². The highest BCUT2D eigenvalue weighted by Gasteiger charge is 2.12. The molecule has 0 spiro atoms. The van der Waals surface area contributed by atoms with Crippen LogP contribution in [0.4, 0.5) is 5.95 Å². The molecule has 25 heavy (non-hydrogen) atoms. The molecule has 2 heterocycles. The van der Waals surface area contributed by atoms with Crippen LogP contribution >= 0.6 is 24.4 Å². The number of fused-ring (bicyclic) bond motifs is 1. The van der Waals surface area contributed by atoms with Crippen LogP contribution in [0.2, 0.25) is 0 Å². The standard InChI is InChI=1S/C16H14N6OS2/c1-10(5-4-8-24)13(23)19-15-20-16(22-21-15)25-14-11-6-2-3-7-12(11)17-9-18-14/h2-9,24H,1H3,(H2,19,20,21,22,23)/b8-4-,10-5+. The van der Waals surface area contributed by atoms with Crippen molar-refractivity contribution in [2.75, 3.05) is 5.32 Å². The zero-order valence-corrected chi connectivity index (χ0v) is 14.9. The molecular formula is C16H14N6OS2. The smallest absolute Gasteiger partial charge is 0.253 e. The van der Waals surface area contributed by atoms with Crippen LogP contribution in [0.3, 0.4) is 0 Å². The van der Waals surface area contributed by atoms with Gasteiger partial charge in [0.25, 0.3) is 5.91 Å². The van der Waals surface area contributed by atoms with Crippen molar-refractivity contribution in [2.45, 2.75) is 17.1 Å². The van der Waals surface area contributed by atoms with Crippen LogP contribution in [0.5, 0.6) is 0 Å². The largest absolute Gasteiger partial charge is 0.291 e. The monoisotopic (exact) mass is 370 g/mol. The number of H-pyrrole nitrogens is 1. The number of hydrogen-bond donors (Lipinski definition) is 3. The minimum absolute atomic E-state index is 0.272. The normalized spacial score (nSPS) is 12.0. The number of nitrogens with one attached hydrogen (secondary N) is 2. The summed E-state index contributed by atoms with van der Waals surface area (Å²) < 4.78 is 0. The number of anilines is 1. The first kappa shape index (κ1) is 17.2. The van der Waals surface area contributed by atoms with Crippen molar-refractivity contribution in [3.05, 3.63) is 53.7 Å². The van der Waals surface area contributed by atoms with E-state index in [2.05, 4.69) is 43.1 Å².